The number of carbonyl (C=O) groups is 4. The fourth-order valence-corrected chi connectivity index (χ4v) is 4.46. The van der Waals surface area contributed by atoms with Crippen molar-refractivity contribution in [3.05, 3.63) is 0 Å². The van der Waals surface area contributed by atoms with Gasteiger partial charge in [0.1, 0.15) is 25.1 Å². The van der Waals surface area contributed by atoms with E-state index in [-0.39, 0.29) is 49.3 Å². The summed E-state index contributed by atoms with van der Waals surface area (Å²) in [5, 5.41) is 11.3. The molecule has 0 saturated heterocycles. The van der Waals surface area contributed by atoms with Crippen LogP contribution in [0.15, 0.2) is 0 Å². The van der Waals surface area contributed by atoms with E-state index >= 15 is 0 Å². The molecular formula is C16H36N8O4P+. The summed E-state index contributed by atoms with van der Waals surface area (Å²) in [6.45, 7) is 0. The van der Waals surface area contributed by atoms with Gasteiger partial charge in [0.25, 0.3) is 0 Å². The quantitative estimate of drug-likeness (QED) is 0.397. The zero-order chi connectivity index (χ0) is 22.8. The van der Waals surface area contributed by atoms with Gasteiger partial charge >= 0.3 is 24.1 Å². The normalized spacial score (nSPS) is 10.5. The number of nitrogens with zero attached hydrogens (tertiary/aromatic N) is 4. The molecule has 0 heterocycles. The van der Waals surface area contributed by atoms with E-state index in [4.69, 9.17) is 0 Å². The highest BCUT2D eigenvalue weighted by molar-refractivity contribution is 7.75. The third-order valence-corrected chi connectivity index (χ3v) is 7.20. The van der Waals surface area contributed by atoms with Crippen LogP contribution in [0.3, 0.4) is 0 Å². The number of hydrogen-bond donors (Lipinski definition) is 4. The molecule has 13 heteroatoms. The minimum Gasteiger partial charge on any atom is -0.331 e. The molecule has 0 rings (SSSR count). The predicted octanol–water partition coefficient (Wildman–Crippen LogP) is -0.0812. The molecule has 0 bridgehead atoms. The van der Waals surface area contributed by atoms with Crippen molar-refractivity contribution < 1.29 is 19.2 Å². The molecule has 0 aromatic heterocycles. The van der Waals surface area contributed by atoms with Crippen LogP contribution < -0.4 is 21.3 Å². The van der Waals surface area contributed by atoms with Gasteiger partial charge in [-0.25, -0.2) is 19.2 Å². The van der Waals surface area contributed by atoms with Gasteiger partial charge in [0.2, 0.25) is 0 Å². The van der Waals surface area contributed by atoms with Crippen molar-refractivity contribution in [3.63, 3.8) is 0 Å². The lowest BCUT2D eigenvalue weighted by Gasteiger charge is -2.30. The van der Waals surface area contributed by atoms with E-state index in [0.717, 1.165) is 0 Å². The van der Waals surface area contributed by atoms with Crippen LogP contribution in [0.2, 0.25) is 0 Å². The molecule has 168 valence electrons. The smallest absolute Gasteiger partial charge is 0.319 e. The maximum absolute atomic E-state index is 12.1. The highest BCUT2D eigenvalue weighted by atomic mass is 31.2. The Bertz CT molecular complexity index is 482. The summed E-state index contributed by atoms with van der Waals surface area (Å²) < 4.78 is 0. The van der Waals surface area contributed by atoms with E-state index in [1.165, 1.54) is 19.6 Å². The molecule has 8 amide bonds. The van der Waals surface area contributed by atoms with Crippen molar-refractivity contribution >= 4 is 31.4 Å². The fourth-order valence-electron chi connectivity index (χ4n) is 1.91. The van der Waals surface area contributed by atoms with Crippen molar-refractivity contribution in [3.8, 4) is 0 Å². The standard InChI is InChI=1S/C16H35N8O4P/c1-21(2)13(25)17-9-29(10-18-14(26)22(3)4,11-19-15(27)23(5)6)12-20-16(28)24(7)8/h9-12H2,1-8H3,(H3-,17,18,19,20,25,26,27,28)/p+1. The Labute approximate surface area is 173 Å². The Morgan fingerprint density at radius 3 is 0.793 bits per heavy atom. The van der Waals surface area contributed by atoms with Crippen molar-refractivity contribution in [1.29, 1.82) is 0 Å². The highest BCUT2D eigenvalue weighted by Crippen LogP contribution is 2.55. The molecule has 0 atom stereocenters. The maximum Gasteiger partial charge on any atom is 0.319 e. The van der Waals surface area contributed by atoms with Gasteiger partial charge in [-0.05, 0) is 0 Å². The van der Waals surface area contributed by atoms with E-state index in [9.17, 15) is 19.2 Å². The monoisotopic (exact) mass is 435 g/mol. The van der Waals surface area contributed by atoms with Crippen LogP contribution in [0.25, 0.3) is 0 Å². The summed E-state index contributed by atoms with van der Waals surface area (Å²) in [6.07, 6.45) is 0.885. The lowest BCUT2D eigenvalue weighted by Crippen LogP contribution is -2.47. The summed E-state index contributed by atoms with van der Waals surface area (Å²) in [5.41, 5.74) is 0. The molecule has 0 unspecified atom stereocenters. The third kappa shape index (κ3) is 10.0. The first-order chi connectivity index (χ1) is 13.3. The van der Waals surface area contributed by atoms with Crippen LogP contribution in [0.5, 0.6) is 0 Å². The molecule has 0 aromatic carbocycles. The van der Waals surface area contributed by atoms with Gasteiger partial charge in [-0.1, -0.05) is 0 Å². The number of hydrogen-bond acceptors (Lipinski definition) is 4. The van der Waals surface area contributed by atoms with E-state index < -0.39 is 7.26 Å². The average molecular weight is 435 g/mol. The highest BCUT2D eigenvalue weighted by Gasteiger charge is 2.40. The Morgan fingerprint density at radius 2 is 0.655 bits per heavy atom. The first-order valence-electron chi connectivity index (χ1n) is 8.97. The van der Waals surface area contributed by atoms with E-state index in [1.54, 1.807) is 56.4 Å². The first kappa shape index (κ1) is 26.5. The van der Waals surface area contributed by atoms with Crippen LogP contribution in [-0.4, -0.2) is 125 Å². The number of carbonyl (C=O) groups excluding carboxylic acids is 4. The maximum atomic E-state index is 12.1. The molecule has 0 aliphatic heterocycles. The second-order valence-electron chi connectivity index (χ2n) is 7.48. The zero-order valence-electron chi connectivity index (χ0n) is 18.7. The third-order valence-electron chi connectivity index (χ3n) is 3.89. The fraction of sp³-hybridized carbons (Fsp3) is 0.750. The van der Waals surface area contributed by atoms with Gasteiger partial charge in [-0.2, -0.15) is 0 Å². The molecule has 29 heavy (non-hydrogen) atoms. The Balaban J connectivity index is 5.58. The average Bonchev–Trinajstić information content (AvgIpc) is 2.64. The minimum absolute atomic E-state index is 0.221. The zero-order valence-corrected chi connectivity index (χ0v) is 19.6. The van der Waals surface area contributed by atoms with Crippen LogP contribution in [0.4, 0.5) is 19.2 Å². The van der Waals surface area contributed by atoms with Crippen molar-refractivity contribution in [2.24, 2.45) is 0 Å². The predicted molar refractivity (Wildman–Crippen MR) is 115 cm³/mol. The Kier molecular flexibility index (Phi) is 11.1. The van der Waals surface area contributed by atoms with Crippen LogP contribution in [-0.2, 0) is 0 Å². The van der Waals surface area contributed by atoms with Crippen molar-refractivity contribution in [2.45, 2.75) is 0 Å². The van der Waals surface area contributed by atoms with Crippen LogP contribution in [0.1, 0.15) is 0 Å². The van der Waals surface area contributed by atoms with Crippen molar-refractivity contribution in [1.82, 2.24) is 40.9 Å². The Hall–Kier alpha value is -2.49. The van der Waals surface area contributed by atoms with Gasteiger partial charge in [0.05, 0.1) is 7.26 Å². The van der Waals surface area contributed by atoms with Gasteiger partial charge in [0, 0.05) is 56.4 Å². The summed E-state index contributed by atoms with van der Waals surface area (Å²) in [7, 11) is 10.6. The van der Waals surface area contributed by atoms with Crippen molar-refractivity contribution in [2.75, 3.05) is 81.5 Å². The molecule has 0 aliphatic rings. The Morgan fingerprint density at radius 1 is 0.483 bits per heavy atom. The second kappa shape index (κ2) is 12.2. The number of amides is 8. The van der Waals surface area contributed by atoms with E-state index in [1.807, 2.05) is 0 Å². The molecule has 0 spiro atoms. The van der Waals surface area contributed by atoms with E-state index in [2.05, 4.69) is 21.3 Å². The van der Waals surface area contributed by atoms with Crippen LogP contribution in [0, 0.1) is 0 Å². The van der Waals surface area contributed by atoms with Gasteiger partial charge in [-0.15, -0.1) is 0 Å². The first-order valence-corrected chi connectivity index (χ1v) is 11.5. The summed E-state index contributed by atoms with van der Waals surface area (Å²) in [4.78, 5) is 53.9. The van der Waals surface area contributed by atoms with Crippen LogP contribution >= 0.6 is 7.26 Å². The second-order valence-corrected chi connectivity index (χ2v) is 11.4. The molecule has 0 fully saturated rings. The minimum atomic E-state index is -2.30. The molecule has 0 radical (unpaired) electrons. The molecule has 4 N–H and O–H groups in total. The summed E-state index contributed by atoms with van der Waals surface area (Å²) >= 11 is 0. The SMILES string of the molecule is CN(C)C(=O)NC[P+](CNC(=O)N(C)C)(CNC(=O)N(C)C)CNC(=O)N(C)C. The van der Waals surface area contributed by atoms with Gasteiger partial charge in [0.15, 0.2) is 0 Å². The van der Waals surface area contributed by atoms with E-state index in [0.29, 0.717) is 0 Å². The number of rotatable bonds is 8. The molecular weight excluding hydrogens is 399 g/mol. The molecule has 0 saturated carbocycles. The number of urea groups is 4. The molecule has 12 nitrogen and oxygen atoms in total. The largest absolute Gasteiger partial charge is 0.331 e. The molecule has 0 aliphatic carbocycles. The topological polar surface area (TPSA) is 129 Å². The molecule has 0 aromatic rings. The lowest BCUT2D eigenvalue weighted by molar-refractivity contribution is 0.219. The van der Waals surface area contributed by atoms with Gasteiger partial charge in [-0.3, -0.25) is 0 Å². The summed E-state index contributed by atoms with van der Waals surface area (Å²) in [6, 6.07) is -1.20. The lowest BCUT2D eigenvalue weighted by atomic mass is 10.8. The van der Waals surface area contributed by atoms with Gasteiger partial charge < -0.3 is 40.9 Å². The number of nitrogens with one attached hydrogen (secondary N) is 4. The summed E-state index contributed by atoms with van der Waals surface area (Å²) in [5.74, 6) is 0.